The third kappa shape index (κ3) is 7.71. The summed E-state index contributed by atoms with van der Waals surface area (Å²) in [6.07, 6.45) is 18.8. The summed E-state index contributed by atoms with van der Waals surface area (Å²) in [4.78, 5) is 2.26. The van der Waals surface area contributed by atoms with E-state index in [0.29, 0.717) is 11.8 Å². The van der Waals surface area contributed by atoms with E-state index in [9.17, 15) is 10.2 Å². The minimum absolute atomic E-state index is 0.225. The Bertz CT molecular complexity index is 471. The van der Waals surface area contributed by atoms with E-state index in [2.05, 4.69) is 38.1 Å². The fourth-order valence-corrected chi connectivity index (χ4v) is 4.88. The highest BCUT2D eigenvalue weighted by atomic mass is 16.3. The predicted molar refractivity (Wildman–Crippen MR) is 115 cm³/mol. The Labute approximate surface area is 167 Å². The predicted octanol–water partition coefficient (Wildman–Crippen LogP) is 4.94. The Kier molecular flexibility index (Phi) is 10.1. The molecule has 2 aliphatic carbocycles. The molecule has 0 amide bonds. The summed E-state index contributed by atoms with van der Waals surface area (Å²) >= 11 is 0. The van der Waals surface area contributed by atoms with Crippen molar-refractivity contribution in [1.82, 2.24) is 4.90 Å². The van der Waals surface area contributed by atoms with Crippen LogP contribution in [-0.2, 0) is 0 Å². The first kappa shape index (κ1) is 22.6. The van der Waals surface area contributed by atoms with Crippen molar-refractivity contribution >= 4 is 0 Å². The van der Waals surface area contributed by atoms with Crippen LogP contribution in [-0.4, -0.2) is 48.0 Å². The van der Waals surface area contributed by atoms with E-state index in [4.69, 9.17) is 0 Å². The molecule has 0 spiro atoms. The smallest absolute Gasteiger partial charge is 0.0721 e. The highest BCUT2D eigenvalue weighted by Gasteiger charge is 2.43. The zero-order valence-electron chi connectivity index (χ0n) is 17.9. The molecular weight excluding hydrogens is 334 g/mol. The van der Waals surface area contributed by atoms with Crippen molar-refractivity contribution in [3.05, 3.63) is 23.8 Å². The van der Waals surface area contributed by atoms with E-state index < -0.39 is 0 Å². The SMILES string of the molecule is CCCCCC[C@H](O)/C=C/[C@@H]1[C@H]2CC(CCCCCN(C)C)=C[C@H]2C[C@H]1O. The van der Waals surface area contributed by atoms with Gasteiger partial charge in [-0.05, 0) is 71.0 Å². The number of aliphatic hydroxyl groups excluding tert-OH is 2. The molecule has 5 atom stereocenters. The second kappa shape index (κ2) is 12.0. The fraction of sp³-hybridized carbons (Fsp3) is 0.833. The largest absolute Gasteiger partial charge is 0.392 e. The first-order valence-electron chi connectivity index (χ1n) is 11.4. The lowest BCUT2D eigenvalue weighted by atomic mass is 9.88. The van der Waals surface area contributed by atoms with Gasteiger partial charge in [0.25, 0.3) is 0 Å². The summed E-state index contributed by atoms with van der Waals surface area (Å²) in [5, 5.41) is 20.7. The van der Waals surface area contributed by atoms with Crippen LogP contribution in [0, 0.1) is 17.8 Å². The topological polar surface area (TPSA) is 43.7 Å². The minimum atomic E-state index is -0.348. The van der Waals surface area contributed by atoms with Crippen molar-refractivity contribution < 1.29 is 10.2 Å². The van der Waals surface area contributed by atoms with Crippen LogP contribution in [0.25, 0.3) is 0 Å². The van der Waals surface area contributed by atoms with Crippen molar-refractivity contribution in [3.63, 3.8) is 0 Å². The maximum absolute atomic E-state index is 10.5. The van der Waals surface area contributed by atoms with E-state index in [1.165, 1.54) is 51.5 Å². The van der Waals surface area contributed by atoms with Gasteiger partial charge in [-0.3, -0.25) is 0 Å². The van der Waals surface area contributed by atoms with Crippen LogP contribution in [0.3, 0.4) is 0 Å². The fourth-order valence-electron chi connectivity index (χ4n) is 4.88. The molecule has 2 N–H and O–H groups in total. The van der Waals surface area contributed by atoms with Crippen molar-refractivity contribution in [2.75, 3.05) is 20.6 Å². The molecule has 0 aromatic rings. The number of unbranched alkanes of at least 4 members (excludes halogenated alkanes) is 5. The second-order valence-corrected chi connectivity index (χ2v) is 9.15. The number of hydrogen-bond donors (Lipinski definition) is 2. The van der Waals surface area contributed by atoms with Gasteiger partial charge in [-0.1, -0.05) is 62.8 Å². The van der Waals surface area contributed by atoms with E-state index in [1.807, 2.05) is 6.08 Å². The Morgan fingerprint density at radius 2 is 1.93 bits per heavy atom. The molecule has 0 radical (unpaired) electrons. The normalized spacial score (nSPS) is 28.9. The first-order valence-corrected chi connectivity index (χ1v) is 11.4. The quantitative estimate of drug-likeness (QED) is 0.353. The van der Waals surface area contributed by atoms with Crippen LogP contribution in [0.2, 0.25) is 0 Å². The summed E-state index contributed by atoms with van der Waals surface area (Å²) in [5.74, 6) is 1.33. The van der Waals surface area contributed by atoms with Gasteiger partial charge in [-0.2, -0.15) is 0 Å². The standard InChI is InChI=1S/C24H43NO2/c1-4-5-6-9-12-21(26)13-14-22-23-17-19(16-20(23)18-24(22)27)11-8-7-10-15-25(2)3/h13-14,16,20-24,26-27H,4-12,15,17-18H2,1-3H3/b14-13+/t20-,21-,22+,23-,24+/m0/s1. The summed E-state index contributed by atoms with van der Waals surface area (Å²) in [6, 6.07) is 0. The molecule has 0 saturated heterocycles. The summed E-state index contributed by atoms with van der Waals surface area (Å²) in [7, 11) is 4.28. The molecule has 0 heterocycles. The number of allylic oxidation sites excluding steroid dienone is 2. The highest BCUT2D eigenvalue weighted by Crippen LogP contribution is 2.48. The van der Waals surface area contributed by atoms with Gasteiger partial charge in [0.1, 0.15) is 0 Å². The van der Waals surface area contributed by atoms with Crippen molar-refractivity contribution in [2.24, 2.45) is 17.8 Å². The van der Waals surface area contributed by atoms with Crippen molar-refractivity contribution in [2.45, 2.75) is 89.8 Å². The second-order valence-electron chi connectivity index (χ2n) is 9.15. The molecule has 1 saturated carbocycles. The van der Waals surface area contributed by atoms with E-state index in [-0.39, 0.29) is 18.1 Å². The van der Waals surface area contributed by atoms with Gasteiger partial charge in [0, 0.05) is 5.92 Å². The van der Waals surface area contributed by atoms with Crippen LogP contribution < -0.4 is 0 Å². The van der Waals surface area contributed by atoms with Gasteiger partial charge in [-0.15, -0.1) is 0 Å². The Balaban J connectivity index is 1.72. The zero-order valence-corrected chi connectivity index (χ0v) is 17.9. The van der Waals surface area contributed by atoms with Gasteiger partial charge >= 0.3 is 0 Å². The molecule has 2 rings (SSSR count). The number of hydrogen-bond acceptors (Lipinski definition) is 3. The van der Waals surface area contributed by atoms with Crippen LogP contribution in [0.15, 0.2) is 23.8 Å². The van der Waals surface area contributed by atoms with Crippen LogP contribution >= 0.6 is 0 Å². The Morgan fingerprint density at radius 3 is 2.67 bits per heavy atom. The monoisotopic (exact) mass is 377 g/mol. The molecule has 3 nitrogen and oxygen atoms in total. The van der Waals surface area contributed by atoms with Crippen LogP contribution in [0.4, 0.5) is 0 Å². The lowest BCUT2D eigenvalue weighted by Gasteiger charge is -2.19. The molecule has 0 aliphatic heterocycles. The maximum atomic E-state index is 10.5. The average molecular weight is 378 g/mol. The van der Waals surface area contributed by atoms with E-state index in [0.717, 1.165) is 25.7 Å². The number of fused-ring (bicyclic) bond motifs is 1. The van der Waals surface area contributed by atoms with E-state index >= 15 is 0 Å². The summed E-state index contributed by atoms with van der Waals surface area (Å²) in [6.45, 7) is 3.39. The van der Waals surface area contributed by atoms with Crippen molar-refractivity contribution in [1.29, 1.82) is 0 Å². The molecule has 27 heavy (non-hydrogen) atoms. The van der Waals surface area contributed by atoms with Crippen molar-refractivity contribution in [3.8, 4) is 0 Å². The zero-order chi connectivity index (χ0) is 19.6. The number of nitrogens with zero attached hydrogens (tertiary/aromatic N) is 1. The molecule has 1 fully saturated rings. The third-order valence-corrected chi connectivity index (χ3v) is 6.46. The molecule has 0 aromatic carbocycles. The maximum Gasteiger partial charge on any atom is 0.0721 e. The Hall–Kier alpha value is -0.640. The van der Waals surface area contributed by atoms with Gasteiger partial charge in [0.2, 0.25) is 0 Å². The molecule has 0 aromatic heterocycles. The summed E-state index contributed by atoms with van der Waals surface area (Å²) in [5.41, 5.74) is 1.61. The first-order chi connectivity index (χ1) is 13.0. The van der Waals surface area contributed by atoms with Gasteiger partial charge in [0.15, 0.2) is 0 Å². The van der Waals surface area contributed by atoms with Gasteiger partial charge < -0.3 is 15.1 Å². The minimum Gasteiger partial charge on any atom is -0.392 e. The van der Waals surface area contributed by atoms with Gasteiger partial charge in [0.05, 0.1) is 12.2 Å². The number of aliphatic hydroxyl groups is 2. The Morgan fingerprint density at radius 1 is 1.15 bits per heavy atom. The van der Waals surface area contributed by atoms with Crippen LogP contribution in [0.1, 0.15) is 77.6 Å². The lowest BCUT2D eigenvalue weighted by Crippen LogP contribution is -2.18. The van der Waals surface area contributed by atoms with E-state index in [1.54, 1.807) is 5.57 Å². The molecule has 156 valence electrons. The number of rotatable bonds is 13. The molecule has 2 aliphatic rings. The molecule has 0 bridgehead atoms. The molecular formula is C24H43NO2. The third-order valence-electron chi connectivity index (χ3n) is 6.46. The lowest BCUT2D eigenvalue weighted by molar-refractivity contribution is 0.139. The highest BCUT2D eigenvalue weighted by molar-refractivity contribution is 5.20. The molecule has 3 heteroatoms. The average Bonchev–Trinajstić information content (AvgIpc) is 3.13. The summed E-state index contributed by atoms with van der Waals surface area (Å²) < 4.78 is 0. The molecule has 0 unspecified atom stereocenters. The van der Waals surface area contributed by atoms with Gasteiger partial charge in [-0.25, -0.2) is 0 Å². The van der Waals surface area contributed by atoms with Crippen LogP contribution in [0.5, 0.6) is 0 Å².